The van der Waals surface area contributed by atoms with Crippen molar-refractivity contribution in [2.75, 3.05) is 0 Å². The van der Waals surface area contributed by atoms with Gasteiger partial charge in [0.2, 0.25) is 0 Å². The summed E-state index contributed by atoms with van der Waals surface area (Å²) in [6.45, 7) is 20.9. The summed E-state index contributed by atoms with van der Waals surface area (Å²) in [6.07, 6.45) is 1.81. The van der Waals surface area contributed by atoms with Crippen LogP contribution in [0.2, 0.25) is 0 Å². The number of aliphatic imine (C=N–C) groups is 2. The molecule has 7 rings (SSSR count). The predicted molar refractivity (Wildman–Crippen MR) is 220 cm³/mol. The van der Waals surface area contributed by atoms with Gasteiger partial charge in [0.1, 0.15) is 0 Å². The van der Waals surface area contributed by atoms with Crippen molar-refractivity contribution in [1.82, 2.24) is 4.40 Å². The molecule has 0 amide bonds. The molecule has 3 heteroatoms. The molecule has 0 aliphatic rings. The maximum absolute atomic E-state index is 5.36. The largest absolute Gasteiger partial charge is 0.312 e. The quantitative estimate of drug-likeness (QED) is 0.153. The van der Waals surface area contributed by atoms with E-state index in [1.807, 2.05) is 27.7 Å². The van der Waals surface area contributed by atoms with Crippen molar-refractivity contribution in [3.63, 3.8) is 0 Å². The molecule has 0 aliphatic carbocycles. The van der Waals surface area contributed by atoms with Gasteiger partial charge in [0, 0.05) is 39.4 Å². The Labute approximate surface area is 298 Å². The van der Waals surface area contributed by atoms with E-state index < -0.39 is 0 Å². The number of rotatable bonds is 7. The van der Waals surface area contributed by atoms with E-state index in [-0.39, 0.29) is 0 Å². The molecular weight excluding hydrogens is 607 g/mol. The van der Waals surface area contributed by atoms with Crippen LogP contribution in [0.15, 0.2) is 143 Å². The van der Waals surface area contributed by atoms with E-state index in [0.717, 1.165) is 16.8 Å². The maximum atomic E-state index is 5.36. The van der Waals surface area contributed by atoms with Crippen molar-refractivity contribution in [2.24, 2.45) is 9.98 Å². The summed E-state index contributed by atoms with van der Waals surface area (Å²) in [5.41, 5.74) is 15.3. The monoisotopic (exact) mass is 655 g/mol. The Balaban J connectivity index is 0.00000117. The second-order valence-corrected chi connectivity index (χ2v) is 12.1. The van der Waals surface area contributed by atoms with Gasteiger partial charge in [0.15, 0.2) is 0 Å². The lowest BCUT2D eigenvalue weighted by atomic mass is 9.91. The van der Waals surface area contributed by atoms with E-state index in [0.29, 0.717) is 6.54 Å². The zero-order valence-corrected chi connectivity index (χ0v) is 30.9. The van der Waals surface area contributed by atoms with E-state index in [9.17, 15) is 0 Å². The van der Waals surface area contributed by atoms with E-state index in [4.69, 9.17) is 4.99 Å². The fourth-order valence-corrected chi connectivity index (χ4v) is 6.98. The molecule has 0 fully saturated rings. The second kappa shape index (κ2) is 16.2. The fraction of sp³-hybridized carbons (Fsp3) is 0.191. The first-order chi connectivity index (χ1) is 24.5. The molecule has 5 aromatic carbocycles. The van der Waals surface area contributed by atoms with Crippen molar-refractivity contribution >= 4 is 39.6 Å². The summed E-state index contributed by atoms with van der Waals surface area (Å²) in [6, 6.07) is 43.5. The van der Waals surface area contributed by atoms with Crippen LogP contribution in [0.5, 0.6) is 0 Å². The first-order valence-electron chi connectivity index (χ1n) is 17.8. The molecule has 0 bridgehead atoms. The number of allylic oxidation sites excluding steroid dienone is 1. The van der Waals surface area contributed by atoms with Gasteiger partial charge in [0.05, 0.1) is 23.3 Å². The Morgan fingerprint density at radius 1 is 0.660 bits per heavy atom. The number of aromatic nitrogens is 1. The number of fused-ring (bicyclic) bond motifs is 5. The number of pyridine rings is 1. The average molecular weight is 656 g/mol. The Bertz CT molecular complexity index is 2330. The van der Waals surface area contributed by atoms with Crippen molar-refractivity contribution < 1.29 is 0 Å². The lowest BCUT2D eigenvalue weighted by Gasteiger charge is -2.18. The average Bonchev–Trinajstić information content (AvgIpc) is 3.50. The topological polar surface area (TPSA) is 29.1 Å². The molecule has 2 aromatic heterocycles. The zero-order chi connectivity index (χ0) is 35.8. The van der Waals surface area contributed by atoms with E-state index in [2.05, 4.69) is 165 Å². The van der Waals surface area contributed by atoms with Gasteiger partial charge in [0.25, 0.3) is 0 Å². The SMILES string of the molecule is C=N/C=C(/C)C(=NCc1c2ccccc2n2c(C)c(-c3ccccc3C)c3cc(-c4ccccc4)ccc3c12)c1ccccc1C.CC.CC. The van der Waals surface area contributed by atoms with Crippen molar-refractivity contribution in [3.05, 3.63) is 161 Å². The van der Waals surface area contributed by atoms with Gasteiger partial charge in [-0.3, -0.25) is 9.98 Å². The molecule has 0 unspecified atom stereocenters. The molecule has 0 aliphatic heterocycles. The van der Waals surface area contributed by atoms with Gasteiger partial charge in [-0.1, -0.05) is 137 Å². The number of para-hydroxylation sites is 1. The summed E-state index contributed by atoms with van der Waals surface area (Å²) in [4.78, 5) is 9.45. The molecule has 0 N–H and O–H groups in total. The maximum Gasteiger partial charge on any atom is 0.0697 e. The third kappa shape index (κ3) is 6.69. The van der Waals surface area contributed by atoms with Crippen molar-refractivity contribution in [2.45, 2.75) is 61.9 Å². The minimum absolute atomic E-state index is 0.529. The van der Waals surface area contributed by atoms with Crippen molar-refractivity contribution in [1.29, 1.82) is 0 Å². The van der Waals surface area contributed by atoms with Gasteiger partial charge in [-0.15, -0.1) is 0 Å². The molecule has 50 heavy (non-hydrogen) atoms. The van der Waals surface area contributed by atoms with E-state index >= 15 is 0 Å². The van der Waals surface area contributed by atoms with Crippen LogP contribution in [-0.2, 0) is 6.54 Å². The number of hydrogen-bond acceptors (Lipinski definition) is 2. The van der Waals surface area contributed by atoms with Crippen LogP contribution >= 0.6 is 0 Å². The molecule has 0 saturated carbocycles. The minimum Gasteiger partial charge on any atom is -0.312 e. The van der Waals surface area contributed by atoms with Gasteiger partial charge in [-0.05, 0) is 85.3 Å². The Morgan fingerprint density at radius 3 is 2.00 bits per heavy atom. The molecule has 2 heterocycles. The summed E-state index contributed by atoms with van der Waals surface area (Å²) in [5.74, 6) is 0. The molecule has 0 spiro atoms. The summed E-state index contributed by atoms with van der Waals surface area (Å²) in [7, 11) is 0. The normalized spacial score (nSPS) is 11.6. The lowest BCUT2D eigenvalue weighted by molar-refractivity contribution is 1.08. The Hall–Kier alpha value is -5.54. The first kappa shape index (κ1) is 35.8. The summed E-state index contributed by atoms with van der Waals surface area (Å²) < 4.78 is 2.47. The fourth-order valence-electron chi connectivity index (χ4n) is 6.98. The summed E-state index contributed by atoms with van der Waals surface area (Å²) in [5, 5.41) is 3.69. The van der Waals surface area contributed by atoms with E-state index in [1.54, 1.807) is 6.20 Å². The zero-order valence-electron chi connectivity index (χ0n) is 30.9. The molecular formula is C47H49N3. The van der Waals surface area contributed by atoms with Crippen LogP contribution < -0.4 is 0 Å². The molecule has 0 radical (unpaired) electrons. The van der Waals surface area contributed by atoms with Crippen LogP contribution in [0.1, 0.15) is 62.6 Å². The molecule has 7 aromatic rings. The van der Waals surface area contributed by atoms with Crippen LogP contribution in [0, 0.1) is 20.8 Å². The number of hydrogen-bond donors (Lipinski definition) is 0. The van der Waals surface area contributed by atoms with Gasteiger partial charge in [-0.25, -0.2) is 0 Å². The number of aryl methyl sites for hydroxylation is 3. The smallest absolute Gasteiger partial charge is 0.0697 e. The second-order valence-electron chi connectivity index (χ2n) is 12.1. The van der Waals surface area contributed by atoms with Gasteiger partial charge < -0.3 is 4.40 Å². The first-order valence-corrected chi connectivity index (χ1v) is 17.8. The van der Waals surface area contributed by atoms with Crippen LogP contribution in [-0.4, -0.2) is 16.8 Å². The highest BCUT2D eigenvalue weighted by molar-refractivity contribution is 6.14. The predicted octanol–water partition coefficient (Wildman–Crippen LogP) is 13.2. The van der Waals surface area contributed by atoms with Crippen LogP contribution in [0.4, 0.5) is 0 Å². The van der Waals surface area contributed by atoms with Crippen LogP contribution in [0.25, 0.3) is 49.4 Å². The van der Waals surface area contributed by atoms with Gasteiger partial charge in [-0.2, -0.15) is 0 Å². The van der Waals surface area contributed by atoms with E-state index in [1.165, 1.54) is 71.8 Å². The third-order valence-corrected chi connectivity index (χ3v) is 9.20. The number of benzene rings is 5. The lowest BCUT2D eigenvalue weighted by Crippen LogP contribution is -2.06. The molecule has 0 atom stereocenters. The molecule has 252 valence electrons. The highest BCUT2D eigenvalue weighted by Crippen LogP contribution is 2.42. The molecule has 0 saturated heterocycles. The highest BCUT2D eigenvalue weighted by Gasteiger charge is 2.22. The Kier molecular flexibility index (Phi) is 11.6. The Morgan fingerprint density at radius 2 is 1.30 bits per heavy atom. The highest BCUT2D eigenvalue weighted by atomic mass is 14.9. The van der Waals surface area contributed by atoms with Crippen molar-refractivity contribution in [3.8, 4) is 22.3 Å². The minimum atomic E-state index is 0.529. The number of nitrogens with zero attached hydrogens (tertiary/aromatic N) is 3. The third-order valence-electron chi connectivity index (χ3n) is 9.20. The molecule has 3 nitrogen and oxygen atoms in total. The standard InChI is InChI=1S/C43H37N3.2C2H6/c1-28-15-9-11-19-34(28)41-31(4)46-40-22-14-13-21-36(40)39(27-45-42(30(3)26-44-5)35-20-12-10-16-29(35)2)43(46)37-24-23-33(25-38(37)41)32-17-7-6-8-18-32;2*1-2/h6-26H,5,27H2,1-4H3;2*1-2H3/b30-26-,45-42?;;. The summed E-state index contributed by atoms with van der Waals surface area (Å²) >= 11 is 0. The van der Waals surface area contributed by atoms with Gasteiger partial charge >= 0.3 is 0 Å². The van der Waals surface area contributed by atoms with Crippen LogP contribution in [0.3, 0.4) is 0 Å².